The average molecular weight is 184 g/mol. The lowest BCUT2D eigenvalue weighted by molar-refractivity contribution is 0.0772. The Kier molecular flexibility index (Phi) is 4.22. The first-order chi connectivity index (χ1) is 4.88. The lowest BCUT2D eigenvalue weighted by Crippen LogP contribution is -2.17. The highest BCUT2D eigenvalue weighted by Gasteiger charge is 2.24. The molecule has 11 heavy (non-hydrogen) atoms. The van der Waals surface area contributed by atoms with Gasteiger partial charge in [0, 0.05) is 6.42 Å². The summed E-state index contributed by atoms with van der Waals surface area (Å²) in [6.07, 6.45) is -1.35. The smallest absolute Gasteiger partial charge is 0.155 e. The van der Waals surface area contributed by atoms with Crippen LogP contribution < -0.4 is 0 Å². The molecule has 0 aliphatic carbocycles. The summed E-state index contributed by atoms with van der Waals surface area (Å²) >= 11 is 0. The van der Waals surface area contributed by atoms with E-state index in [-0.39, 0.29) is 6.42 Å². The Morgan fingerprint density at radius 3 is 2.27 bits per heavy atom. The number of hydrogen-bond donors (Lipinski definition) is 2. The summed E-state index contributed by atoms with van der Waals surface area (Å²) in [6, 6.07) is 0. The molecule has 0 rings (SSSR count). The Balaban J connectivity index is 3.88. The van der Waals surface area contributed by atoms with E-state index in [1.807, 2.05) is 0 Å². The highest BCUT2D eigenvalue weighted by atomic mass is 31.2. The van der Waals surface area contributed by atoms with Crippen molar-refractivity contribution in [2.24, 2.45) is 0 Å². The van der Waals surface area contributed by atoms with E-state index in [1.165, 1.54) is 13.3 Å². The minimum absolute atomic E-state index is 0.249. The van der Waals surface area contributed by atoms with E-state index in [4.69, 9.17) is 10.2 Å². The second kappa shape index (κ2) is 4.19. The van der Waals surface area contributed by atoms with E-state index in [2.05, 4.69) is 0 Å². The largest absolute Gasteiger partial charge is 0.394 e. The Labute approximate surface area is 65.6 Å². The molecule has 0 aliphatic heterocycles. The van der Waals surface area contributed by atoms with E-state index >= 15 is 0 Å². The summed E-state index contributed by atoms with van der Waals surface area (Å²) in [7, 11) is -2.76. The van der Waals surface area contributed by atoms with Gasteiger partial charge in [-0.25, -0.2) is 4.39 Å². The summed E-state index contributed by atoms with van der Waals surface area (Å²) < 4.78 is 23.8. The number of aliphatic hydroxyl groups is 2. The summed E-state index contributed by atoms with van der Waals surface area (Å²) in [5.41, 5.74) is 0. The van der Waals surface area contributed by atoms with Crippen molar-refractivity contribution in [2.75, 3.05) is 19.9 Å². The maximum atomic E-state index is 12.8. The van der Waals surface area contributed by atoms with Crippen LogP contribution in [0.4, 0.5) is 4.39 Å². The molecule has 0 aromatic heterocycles. The lowest BCUT2D eigenvalue weighted by Gasteiger charge is -2.15. The fraction of sp³-hybridized carbons (Fsp3) is 1.00. The maximum Gasteiger partial charge on any atom is 0.155 e. The Morgan fingerprint density at radius 1 is 1.55 bits per heavy atom. The molecule has 0 radical (unpaired) electrons. The lowest BCUT2D eigenvalue weighted by atomic mass is 10.3. The van der Waals surface area contributed by atoms with Crippen molar-refractivity contribution in [3.63, 3.8) is 0 Å². The molecule has 3 nitrogen and oxygen atoms in total. The number of rotatable bonds is 4. The van der Waals surface area contributed by atoms with Crippen molar-refractivity contribution in [1.29, 1.82) is 0 Å². The zero-order chi connectivity index (χ0) is 9.07. The van der Waals surface area contributed by atoms with Crippen LogP contribution in [0, 0.1) is 0 Å². The highest BCUT2D eigenvalue weighted by molar-refractivity contribution is 7.62. The van der Waals surface area contributed by atoms with Gasteiger partial charge >= 0.3 is 0 Å². The van der Waals surface area contributed by atoms with Gasteiger partial charge in [-0.2, -0.15) is 0 Å². The Bertz CT molecular complexity index is 156. The normalized spacial score (nSPS) is 17.9. The van der Waals surface area contributed by atoms with Gasteiger partial charge in [0.2, 0.25) is 0 Å². The summed E-state index contributed by atoms with van der Waals surface area (Å²) in [5.74, 6) is -1.51. The molecule has 68 valence electrons. The van der Waals surface area contributed by atoms with Gasteiger partial charge in [-0.15, -0.1) is 0 Å². The fourth-order valence-corrected chi connectivity index (χ4v) is 1.30. The van der Waals surface area contributed by atoms with Gasteiger partial charge in [0.15, 0.2) is 5.91 Å². The van der Waals surface area contributed by atoms with Crippen LogP contribution in [0.15, 0.2) is 0 Å². The van der Waals surface area contributed by atoms with Crippen LogP contribution >= 0.6 is 7.14 Å². The van der Waals surface area contributed by atoms with E-state index < -0.39 is 25.8 Å². The monoisotopic (exact) mass is 184 g/mol. The van der Waals surface area contributed by atoms with Crippen LogP contribution in [0.25, 0.3) is 0 Å². The summed E-state index contributed by atoms with van der Waals surface area (Å²) in [4.78, 5) is 0. The molecule has 0 saturated carbocycles. The van der Waals surface area contributed by atoms with E-state index in [9.17, 15) is 8.96 Å². The molecule has 0 aromatic rings. The second-order valence-electron chi connectivity index (χ2n) is 2.94. The molecular formula is C6H14FO3P. The van der Waals surface area contributed by atoms with Crippen LogP contribution in [0.3, 0.4) is 0 Å². The average Bonchev–Trinajstić information content (AvgIpc) is 1.85. The zero-order valence-electron chi connectivity index (χ0n) is 6.70. The maximum absolute atomic E-state index is 12.8. The third-order valence-corrected chi connectivity index (χ3v) is 2.91. The van der Waals surface area contributed by atoms with Crippen LogP contribution in [0.1, 0.15) is 6.42 Å². The molecule has 2 unspecified atom stereocenters. The summed E-state index contributed by atoms with van der Waals surface area (Å²) in [6.45, 7) is 2.16. The van der Waals surface area contributed by atoms with E-state index in [1.54, 1.807) is 0 Å². The molecule has 0 aromatic carbocycles. The number of hydrogen-bond acceptors (Lipinski definition) is 3. The van der Waals surface area contributed by atoms with Gasteiger partial charge < -0.3 is 14.8 Å². The van der Waals surface area contributed by atoms with Gasteiger partial charge in [-0.1, -0.05) is 0 Å². The molecule has 0 spiro atoms. The molecule has 5 heteroatoms. The fourth-order valence-electron chi connectivity index (χ4n) is 0.553. The van der Waals surface area contributed by atoms with Crippen molar-refractivity contribution in [3.8, 4) is 0 Å². The molecule has 0 bridgehead atoms. The van der Waals surface area contributed by atoms with Crippen molar-refractivity contribution >= 4 is 7.14 Å². The van der Waals surface area contributed by atoms with Crippen molar-refractivity contribution < 1.29 is 19.2 Å². The highest BCUT2D eigenvalue weighted by Crippen LogP contribution is 2.45. The van der Waals surface area contributed by atoms with Crippen molar-refractivity contribution in [1.82, 2.24) is 0 Å². The van der Waals surface area contributed by atoms with E-state index in [0.717, 1.165) is 0 Å². The van der Waals surface area contributed by atoms with Crippen LogP contribution in [-0.4, -0.2) is 42.2 Å². The molecular weight excluding hydrogens is 170 g/mol. The van der Waals surface area contributed by atoms with Gasteiger partial charge in [-0.3, -0.25) is 0 Å². The quantitative estimate of drug-likeness (QED) is 0.630. The predicted molar refractivity (Wildman–Crippen MR) is 42.1 cm³/mol. The third kappa shape index (κ3) is 4.51. The van der Waals surface area contributed by atoms with Crippen LogP contribution in [0.2, 0.25) is 0 Å². The molecule has 2 atom stereocenters. The SMILES string of the molecule is CP(C)(=O)C(F)CC(O)CO. The number of alkyl halides is 1. The third-order valence-electron chi connectivity index (χ3n) is 1.35. The first kappa shape index (κ1) is 11.1. The first-order valence-corrected chi connectivity index (χ1v) is 6.02. The second-order valence-corrected chi connectivity index (χ2v) is 6.37. The topological polar surface area (TPSA) is 57.5 Å². The van der Waals surface area contributed by atoms with Crippen molar-refractivity contribution in [2.45, 2.75) is 18.4 Å². The standard InChI is InChI=1S/C6H14FO3P/c1-11(2,10)6(7)3-5(9)4-8/h5-6,8-9H,3-4H2,1-2H3. The molecule has 0 heterocycles. The summed E-state index contributed by atoms with van der Waals surface area (Å²) in [5, 5.41) is 17.1. The molecule has 2 N–H and O–H groups in total. The molecule has 0 amide bonds. The number of halogens is 1. The van der Waals surface area contributed by atoms with Gasteiger partial charge in [0.05, 0.1) is 12.7 Å². The molecule has 0 aliphatic rings. The Morgan fingerprint density at radius 2 is 2.00 bits per heavy atom. The predicted octanol–water partition coefficient (Wildman–Crippen LogP) is 0.648. The van der Waals surface area contributed by atoms with Gasteiger partial charge in [0.25, 0.3) is 0 Å². The zero-order valence-corrected chi connectivity index (χ0v) is 7.59. The van der Waals surface area contributed by atoms with Crippen molar-refractivity contribution in [3.05, 3.63) is 0 Å². The van der Waals surface area contributed by atoms with Crippen LogP contribution in [-0.2, 0) is 4.57 Å². The minimum Gasteiger partial charge on any atom is -0.394 e. The molecule has 0 saturated heterocycles. The number of aliphatic hydroxyl groups excluding tert-OH is 2. The van der Waals surface area contributed by atoms with Gasteiger partial charge in [-0.05, 0) is 13.3 Å². The molecule has 0 fully saturated rings. The minimum atomic E-state index is -2.76. The van der Waals surface area contributed by atoms with Gasteiger partial charge in [0.1, 0.15) is 7.14 Å². The van der Waals surface area contributed by atoms with E-state index in [0.29, 0.717) is 0 Å². The Hall–Kier alpha value is 0.0800. The van der Waals surface area contributed by atoms with Crippen LogP contribution in [0.5, 0.6) is 0 Å². The first-order valence-electron chi connectivity index (χ1n) is 3.35.